The van der Waals surface area contributed by atoms with Gasteiger partial charge in [0.15, 0.2) is 0 Å². The van der Waals surface area contributed by atoms with Gasteiger partial charge in [0.2, 0.25) is 0 Å². The summed E-state index contributed by atoms with van der Waals surface area (Å²) in [5.74, 6) is 0. The molecule has 0 aliphatic rings. The van der Waals surface area contributed by atoms with Crippen molar-refractivity contribution in [1.82, 2.24) is 0 Å². The molecule has 0 aromatic heterocycles. The smallest absolute Gasteiger partial charge is 0.00264 e. The molecule has 0 atom stereocenters. The first-order valence-electron chi connectivity index (χ1n) is 15.4. The zero-order valence-electron chi connectivity index (χ0n) is 25.0. The molecule has 0 aliphatic carbocycles. The van der Waals surface area contributed by atoms with E-state index in [1.807, 2.05) is 0 Å². The number of rotatable bonds is 4. The Kier molecular flexibility index (Phi) is 6.35. The van der Waals surface area contributed by atoms with Gasteiger partial charge < -0.3 is 0 Å². The fourth-order valence-electron chi connectivity index (χ4n) is 6.97. The van der Waals surface area contributed by atoms with Crippen molar-refractivity contribution in [3.63, 3.8) is 0 Å². The molecule has 0 heterocycles. The summed E-state index contributed by atoms with van der Waals surface area (Å²) in [6.07, 6.45) is 2.38. The lowest BCUT2D eigenvalue weighted by Gasteiger charge is -2.18. The molecule has 0 radical (unpaired) electrons. The second-order valence-corrected chi connectivity index (χ2v) is 11.8. The zero-order valence-corrected chi connectivity index (χ0v) is 25.0. The minimum Gasteiger partial charge on any atom is -0.0622 e. The van der Waals surface area contributed by atoms with Gasteiger partial charge in [-0.25, -0.2) is 0 Å². The Morgan fingerprint density at radius 3 is 1.64 bits per heavy atom. The van der Waals surface area contributed by atoms with Crippen molar-refractivity contribution in [2.45, 2.75) is 13.8 Å². The fourth-order valence-corrected chi connectivity index (χ4v) is 6.97. The molecule has 0 N–H and O–H groups in total. The van der Waals surface area contributed by atoms with Crippen LogP contribution in [0.1, 0.15) is 23.6 Å². The van der Waals surface area contributed by atoms with Gasteiger partial charge in [0.25, 0.3) is 0 Å². The molecule has 0 saturated heterocycles. The minimum absolute atomic E-state index is 1.23. The number of fused-ring (bicyclic) bond motifs is 5. The molecule has 0 unspecified atom stereocenters. The Hall–Kier alpha value is -5.46. The topological polar surface area (TPSA) is 0 Å². The summed E-state index contributed by atoms with van der Waals surface area (Å²) in [5.41, 5.74) is 10.1. The van der Waals surface area contributed by atoms with Crippen LogP contribution in [0.4, 0.5) is 0 Å². The van der Waals surface area contributed by atoms with Crippen LogP contribution < -0.4 is 0 Å². The van der Waals surface area contributed by atoms with Gasteiger partial charge in [-0.2, -0.15) is 0 Å². The average Bonchev–Trinajstić information content (AvgIpc) is 3.08. The fraction of sp³-hybridized carbons (Fsp3) is 0.0455. The molecule has 0 spiro atoms. The zero-order chi connectivity index (χ0) is 29.6. The lowest BCUT2D eigenvalue weighted by molar-refractivity contribution is 1.47. The van der Waals surface area contributed by atoms with Crippen molar-refractivity contribution < 1.29 is 0 Å². The summed E-state index contributed by atoms with van der Waals surface area (Å²) in [4.78, 5) is 0. The molecular weight excluding hydrogens is 528 g/mol. The predicted molar refractivity (Wildman–Crippen MR) is 192 cm³/mol. The van der Waals surface area contributed by atoms with E-state index in [1.165, 1.54) is 87.6 Å². The quantitative estimate of drug-likeness (QED) is 0.114. The third kappa shape index (κ3) is 4.39. The molecule has 8 aromatic rings. The van der Waals surface area contributed by atoms with Crippen molar-refractivity contribution in [3.8, 4) is 22.3 Å². The van der Waals surface area contributed by atoms with E-state index in [2.05, 4.69) is 172 Å². The van der Waals surface area contributed by atoms with Gasteiger partial charge in [-0.15, -0.1) is 0 Å². The second-order valence-electron chi connectivity index (χ2n) is 11.8. The molecular formula is C44H32. The maximum atomic E-state index is 2.38. The van der Waals surface area contributed by atoms with Gasteiger partial charge >= 0.3 is 0 Å². The second kappa shape index (κ2) is 10.7. The average molecular weight is 561 g/mol. The van der Waals surface area contributed by atoms with Crippen LogP contribution in [0.15, 0.2) is 152 Å². The number of aryl methyl sites for hydroxylation is 1. The summed E-state index contributed by atoms with van der Waals surface area (Å²) in [5, 5.41) is 10.3. The van der Waals surface area contributed by atoms with Gasteiger partial charge in [0.05, 0.1) is 0 Å². The van der Waals surface area contributed by atoms with Crippen molar-refractivity contribution in [2.24, 2.45) is 0 Å². The van der Waals surface area contributed by atoms with E-state index in [1.54, 1.807) is 0 Å². The van der Waals surface area contributed by atoms with E-state index in [4.69, 9.17) is 0 Å². The number of hydrogen-bond acceptors (Lipinski definition) is 0. The van der Waals surface area contributed by atoms with E-state index in [-0.39, 0.29) is 0 Å². The molecule has 0 fully saturated rings. The molecule has 8 rings (SSSR count). The molecule has 0 bridgehead atoms. The van der Waals surface area contributed by atoms with Gasteiger partial charge in [0.1, 0.15) is 0 Å². The van der Waals surface area contributed by atoms with E-state index >= 15 is 0 Å². The monoisotopic (exact) mass is 560 g/mol. The maximum Gasteiger partial charge on any atom is -0.00264 e. The highest BCUT2D eigenvalue weighted by molar-refractivity contribution is 6.19. The van der Waals surface area contributed by atoms with E-state index in [0.29, 0.717) is 0 Å². The molecule has 44 heavy (non-hydrogen) atoms. The molecule has 208 valence electrons. The van der Waals surface area contributed by atoms with Crippen LogP contribution in [0.3, 0.4) is 0 Å². The van der Waals surface area contributed by atoms with Crippen LogP contribution in [0.25, 0.3) is 77.0 Å². The maximum absolute atomic E-state index is 2.38. The molecule has 8 aromatic carbocycles. The first-order valence-corrected chi connectivity index (χ1v) is 15.4. The van der Waals surface area contributed by atoms with Crippen LogP contribution in [0.5, 0.6) is 0 Å². The first kappa shape index (κ1) is 26.2. The van der Waals surface area contributed by atoms with Crippen molar-refractivity contribution in [3.05, 3.63) is 168 Å². The van der Waals surface area contributed by atoms with Crippen molar-refractivity contribution in [2.75, 3.05) is 0 Å². The number of allylic oxidation sites excluding steroid dienone is 1. The molecule has 0 aliphatic heterocycles. The Balaban J connectivity index is 1.31. The largest absolute Gasteiger partial charge is 0.0622 e. The highest BCUT2D eigenvalue weighted by Gasteiger charge is 2.16. The Morgan fingerprint density at radius 2 is 0.955 bits per heavy atom. The lowest BCUT2D eigenvalue weighted by Crippen LogP contribution is -1.93. The lowest BCUT2D eigenvalue weighted by atomic mass is 9.85. The van der Waals surface area contributed by atoms with Gasteiger partial charge in [0, 0.05) is 0 Å². The highest BCUT2D eigenvalue weighted by Crippen LogP contribution is 2.42. The van der Waals surface area contributed by atoms with Crippen LogP contribution in [0, 0.1) is 6.92 Å². The van der Waals surface area contributed by atoms with Crippen molar-refractivity contribution >= 4 is 54.7 Å². The Labute approximate surface area is 258 Å². The number of benzene rings is 8. The van der Waals surface area contributed by atoms with Crippen molar-refractivity contribution in [1.29, 1.82) is 0 Å². The SMILES string of the molecule is CC(=Cc1cc2ccc3ccccc3c2cc1C)c1c2ccccc2c(-c2ccc(-c3ccccc3)cc2)c2ccccc12. The molecule has 0 heteroatoms. The predicted octanol–water partition coefficient (Wildman–Crippen LogP) is 12.5. The summed E-state index contributed by atoms with van der Waals surface area (Å²) in [6.45, 7) is 4.51. The summed E-state index contributed by atoms with van der Waals surface area (Å²) in [7, 11) is 0. The van der Waals surface area contributed by atoms with E-state index in [9.17, 15) is 0 Å². The number of hydrogen-bond donors (Lipinski definition) is 0. The molecule has 0 amide bonds. The standard InChI is InChI=1S/C44H32/c1-29-27-42-35(25-22-33-14-6-7-15-37(33)42)28-36(29)26-30(2)43-38-16-8-10-18-40(38)44(41-19-11-9-17-39(41)43)34-23-20-32(21-24-34)31-12-4-3-5-13-31/h3-28H,1-2H3. The van der Waals surface area contributed by atoms with Crippen LogP contribution in [-0.4, -0.2) is 0 Å². The highest BCUT2D eigenvalue weighted by atomic mass is 14.2. The summed E-state index contributed by atoms with van der Waals surface area (Å²) < 4.78 is 0. The van der Waals surface area contributed by atoms with E-state index in [0.717, 1.165) is 0 Å². The Morgan fingerprint density at radius 1 is 0.432 bits per heavy atom. The first-order chi connectivity index (χ1) is 21.7. The van der Waals surface area contributed by atoms with Gasteiger partial charge in [-0.3, -0.25) is 0 Å². The molecule has 0 nitrogen and oxygen atoms in total. The molecule has 0 saturated carbocycles. The van der Waals surface area contributed by atoms with Crippen LogP contribution >= 0.6 is 0 Å². The third-order valence-electron chi connectivity index (χ3n) is 9.11. The van der Waals surface area contributed by atoms with Crippen LogP contribution in [0.2, 0.25) is 0 Å². The van der Waals surface area contributed by atoms with Gasteiger partial charge in [-0.05, 0) is 108 Å². The van der Waals surface area contributed by atoms with Gasteiger partial charge in [-0.1, -0.05) is 152 Å². The Bertz CT molecular complexity index is 2310. The van der Waals surface area contributed by atoms with Crippen LogP contribution in [-0.2, 0) is 0 Å². The normalized spacial score (nSPS) is 12.0. The third-order valence-corrected chi connectivity index (χ3v) is 9.11. The minimum atomic E-state index is 1.23. The summed E-state index contributed by atoms with van der Waals surface area (Å²) >= 11 is 0. The van der Waals surface area contributed by atoms with E-state index < -0.39 is 0 Å². The summed E-state index contributed by atoms with van der Waals surface area (Å²) in [6, 6.07) is 55.3.